The van der Waals surface area contributed by atoms with Gasteiger partial charge in [-0.05, 0) is 38.5 Å². The lowest BCUT2D eigenvalue weighted by Gasteiger charge is -2.18. The molecular weight excluding hydrogens is 649 g/mol. The van der Waals surface area contributed by atoms with Crippen molar-refractivity contribution in [3.05, 3.63) is 24.3 Å². The van der Waals surface area contributed by atoms with Crippen molar-refractivity contribution in [2.75, 3.05) is 19.8 Å². The molecule has 0 aromatic heterocycles. The Morgan fingerprint density at radius 2 is 1.14 bits per heavy atom. The predicted octanol–water partition coefficient (Wildman–Crippen LogP) is 8.72. The van der Waals surface area contributed by atoms with Crippen LogP contribution in [0.3, 0.4) is 0 Å². The van der Waals surface area contributed by atoms with Crippen molar-refractivity contribution in [2.45, 2.75) is 174 Å². The van der Waals surface area contributed by atoms with Gasteiger partial charge in [-0.25, -0.2) is 9.36 Å². The summed E-state index contributed by atoms with van der Waals surface area (Å²) in [7, 11) is -4.75. The van der Waals surface area contributed by atoms with Gasteiger partial charge in [0, 0.05) is 12.8 Å². The Labute approximate surface area is 296 Å². The molecule has 3 atom stereocenters. The van der Waals surface area contributed by atoms with Crippen LogP contribution in [0.4, 0.5) is 0 Å². The number of nitrogens with one attached hydrogen (secondary N) is 1. The highest BCUT2D eigenvalue weighted by molar-refractivity contribution is 7.47. The van der Waals surface area contributed by atoms with Crippen LogP contribution in [0.15, 0.2) is 24.3 Å². The number of allylic oxidation sites excluding steroid dienone is 4. The van der Waals surface area contributed by atoms with E-state index in [4.69, 9.17) is 13.8 Å². The van der Waals surface area contributed by atoms with E-state index in [1.54, 1.807) is 0 Å². The van der Waals surface area contributed by atoms with E-state index in [0.717, 1.165) is 64.2 Å². The number of carbonyl (C=O) groups excluding carboxylic acids is 2. The Morgan fingerprint density at radius 1 is 0.653 bits per heavy atom. The lowest BCUT2D eigenvalue weighted by atomic mass is 10.1. The third kappa shape index (κ3) is 32.9. The number of unbranched alkanes of at least 4 members (excludes halogenated alkanes) is 17. The van der Waals surface area contributed by atoms with Crippen molar-refractivity contribution < 1.29 is 47.8 Å². The standard InChI is InChI=1S/C37H68NO10P/c1-3-5-7-9-11-13-15-16-17-19-20-22-24-26-28-35(40)38-34(37(42)43)32-48-49(44,45)47-31-33(39)30-46-36(41)29-27-25-23-21-18-14-12-10-8-6-4-2/h9,11,15-16,33-34,39H,3-8,10,12-14,17-32H2,1-2H3,(H,38,40)(H,42,43)(H,44,45)/b11-9-,16-15-. The molecule has 0 radical (unpaired) electrons. The fraction of sp³-hybridized carbons (Fsp3) is 0.811. The van der Waals surface area contributed by atoms with Gasteiger partial charge in [0.1, 0.15) is 12.7 Å². The molecule has 12 heteroatoms. The van der Waals surface area contributed by atoms with Crippen LogP contribution < -0.4 is 5.32 Å². The van der Waals surface area contributed by atoms with Gasteiger partial charge in [0.2, 0.25) is 5.91 Å². The molecule has 0 rings (SSSR count). The van der Waals surface area contributed by atoms with Gasteiger partial charge in [-0.3, -0.25) is 18.6 Å². The number of ether oxygens (including phenoxy) is 1. The van der Waals surface area contributed by atoms with Crippen LogP contribution in [0.1, 0.15) is 162 Å². The smallest absolute Gasteiger partial charge is 0.472 e. The van der Waals surface area contributed by atoms with Gasteiger partial charge in [-0.1, -0.05) is 134 Å². The molecule has 0 bridgehead atoms. The zero-order valence-electron chi connectivity index (χ0n) is 30.5. The number of aliphatic hydroxyl groups excluding tert-OH is 1. The molecule has 0 aromatic rings. The summed E-state index contributed by atoms with van der Waals surface area (Å²) in [4.78, 5) is 45.6. The average Bonchev–Trinajstić information content (AvgIpc) is 3.07. The molecule has 1 amide bonds. The molecule has 0 spiro atoms. The second-order valence-electron chi connectivity index (χ2n) is 12.8. The Balaban J connectivity index is 4.00. The molecule has 4 N–H and O–H groups in total. The van der Waals surface area contributed by atoms with E-state index in [1.165, 1.54) is 57.8 Å². The third-order valence-corrected chi connectivity index (χ3v) is 8.94. The lowest BCUT2D eigenvalue weighted by molar-refractivity contribution is -0.147. The van der Waals surface area contributed by atoms with E-state index in [0.29, 0.717) is 12.8 Å². The van der Waals surface area contributed by atoms with Crippen LogP contribution in [0.2, 0.25) is 0 Å². The first-order valence-corrected chi connectivity index (χ1v) is 20.4. The van der Waals surface area contributed by atoms with Gasteiger partial charge < -0.3 is 25.2 Å². The maximum atomic E-state index is 12.2. The zero-order chi connectivity index (χ0) is 36.4. The Morgan fingerprint density at radius 3 is 1.71 bits per heavy atom. The number of hydrogen-bond acceptors (Lipinski definition) is 8. The maximum Gasteiger partial charge on any atom is 0.472 e. The second-order valence-corrected chi connectivity index (χ2v) is 14.2. The van der Waals surface area contributed by atoms with Crippen LogP contribution in [0.5, 0.6) is 0 Å². The van der Waals surface area contributed by atoms with Gasteiger partial charge in [-0.15, -0.1) is 0 Å². The molecule has 0 aliphatic heterocycles. The number of aliphatic hydroxyl groups is 1. The largest absolute Gasteiger partial charge is 0.480 e. The molecule has 0 heterocycles. The number of hydrogen-bond donors (Lipinski definition) is 4. The Hall–Kier alpha value is -2.04. The molecule has 3 unspecified atom stereocenters. The minimum atomic E-state index is -4.75. The monoisotopic (exact) mass is 717 g/mol. The highest BCUT2D eigenvalue weighted by atomic mass is 31.2. The summed E-state index contributed by atoms with van der Waals surface area (Å²) in [6.07, 6.45) is 30.7. The number of carboxylic acid groups (broad SMARTS) is 1. The van der Waals surface area contributed by atoms with Crippen LogP contribution in [-0.2, 0) is 32.7 Å². The molecule has 0 fully saturated rings. The van der Waals surface area contributed by atoms with Crippen molar-refractivity contribution in [2.24, 2.45) is 0 Å². The molecular formula is C37H68NO10P. The summed E-state index contributed by atoms with van der Waals surface area (Å²) < 4.78 is 26.7. The number of esters is 1. The second kappa shape index (κ2) is 33.1. The van der Waals surface area contributed by atoms with Crippen LogP contribution in [0.25, 0.3) is 0 Å². The molecule has 0 saturated carbocycles. The minimum absolute atomic E-state index is 0.130. The molecule has 0 aliphatic carbocycles. The summed E-state index contributed by atoms with van der Waals surface area (Å²) in [6.45, 7) is 2.51. The number of rotatable bonds is 35. The van der Waals surface area contributed by atoms with E-state index in [1.807, 2.05) is 0 Å². The highest BCUT2D eigenvalue weighted by Crippen LogP contribution is 2.43. The van der Waals surface area contributed by atoms with Crippen molar-refractivity contribution in [1.82, 2.24) is 5.32 Å². The number of carbonyl (C=O) groups is 3. The van der Waals surface area contributed by atoms with Crippen molar-refractivity contribution >= 4 is 25.7 Å². The molecule has 286 valence electrons. The van der Waals surface area contributed by atoms with Crippen LogP contribution in [-0.4, -0.2) is 64.9 Å². The molecule has 49 heavy (non-hydrogen) atoms. The highest BCUT2D eigenvalue weighted by Gasteiger charge is 2.28. The number of carboxylic acids is 1. The normalized spacial score (nSPS) is 14.2. The summed E-state index contributed by atoms with van der Waals surface area (Å²) in [5.74, 6) is -2.39. The summed E-state index contributed by atoms with van der Waals surface area (Å²) in [5, 5.41) is 21.7. The Kier molecular flexibility index (Phi) is 31.7. The Bertz CT molecular complexity index is 942. The number of aliphatic carboxylic acids is 1. The van der Waals surface area contributed by atoms with Crippen molar-refractivity contribution in [3.63, 3.8) is 0 Å². The molecule has 0 saturated heterocycles. The molecule has 0 aromatic carbocycles. The van der Waals surface area contributed by atoms with Crippen LogP contribution >= 0.6 is 7.82 Å². The molecule has 0 aliphatic rings. The number of phosphoric ester groups is 1. The van der Waals surface area contributed by atoms with E-state index in [9.17, 15) is 34.1 Å². The fourth-order valence-electron chi connectivity index (χ4n) is 4.98. The number of amides is 1. The van der Waals surface area contributed by atoms with Gasteiger partial charge in [0.05, 0.1) is 13.2 Å². The molecule has 11 nitrogen and oxygen atoms in total. The maximum absolute atomic E-state index is 12.2. The topological polar surface area (TPSA) is 169 Å². The van der Waals surface area contributed by atoms with E-state index in [-0.39, 0.29) is 12.8 Å². The third-order valence-electron chi connectivity index (χ3n) is 7.99. The summed E-state index contributed by atoms with van der Waals surface area (Å²) in [5.41, 5.74) is 0. The van der Waals surface area contributed by atoms with Gasteiger partial charge >= 0.3 is 19.8 Å². The lowest BCUT2D eigenvalue weighted by Crippen LogP contribution is -2.43. The number of phosphoric acid groups is 1. The van der Waals surface area contributed by atoms with Gasteiger partial charge in [-0.2, -0.15) is 0 Å². The first-order valence-electron chi connectivity index (χ1n) is 18.9. The quantitative estimate of drug-likeness (QED) is 0.0215. The van der Waals surface area contributed by atoms with E-state index >= 15 is 0 Å². The van der Waals surface area contributed by atoms with Crippen molar-refractivity contribution in [3.8, 4) is 0 Å². The SMILES string of the molecule is CCCC/C=C\C/C=C\CCCCCCCC(=O)NC(COP(=O)(O)OCC(O)COC(=O)CCCCCCCCCCCCC)C(=O)O. The first-order chi connectivity index (χ1) is 23.6. The predicted molar refractivity (Wildman–Crippen MR) is 194 cm³/mol. The summed E-state index contributed by atoms with van der Waals surface area (Å²) in [6, 6.07) is -1.55. The van der Waals surface area contributed by atoms with Crippen LogP contribution in [0, 0.1) is 0 Å². The van der Waals surface area contributed by atoms with E-state index in [2.05, 4.69) is 43.5 Å². The van der Waals surface area contributed by atoms with E-state index < -0.39 is 57.6 Å². The van der Waals surface area contributed by atoms with Gasteiger partial charge in [0.25, 0.3) is 0 Å². The van der Waals surface area contributed by atoms with Gasteiger partial charge in [0.15, 0.2) is 6.04 Å². The average molecular weight is 718 g/mol. The summed E-state index contributed by atoms with van der Waals surface area (Å²) >= 11 is 0. The minimum Gasteiger partial charge on any atom is -0.480 e. The van der Waals surface area contributed by atoms with Crippen molar-refractivity contribution in [1.29, 1.82) is 0 Å². The fourth-order valence-corrected chi connectivity index (χ4v) is 5.75. The zero-order valence-corrected chi connectivity index (χ0v) is 31.4. The first kappa shape index (κ1) is 47.0.